The predicted octanol–water partition coefficient (Wildman–Crippen LogP) is 1.16. The van der Waals surface area contributed by atoms with Crippen molar-refractivity contribution in [3.05, 3.63) is 12.4 Å². The molecule has 1 heterocycles. The Kier molecular flexibility index (Phi) is 2.49. The minimum Gasteiger partial charge on any atom is -0.337 e. The molecule has 2 nitrogen and oxygen atoms in total. The molecule has 1 aromatic heterocycles. The highest BCUT2D eigenvalue weighted by Crippen LogP contribution is 2.00. The molecule has 0 radical (unpaired) electrons. The van der Waals surface area contributed by atoms with Gasteiger partial charge in [0.25, 0.3) is 0 Å². The topological polar surface area (TPSA) is 17.8 Å². The van der Waals surface area contributed by atoms with Crippen molar-refractivity contribution in [1.82, 2.24) is 9.55 Å². The van der Waals surface area contributed by atoms with Crippen molar-refractivity contribution in [1.29, 1.82) is 0 Å². The highest BCUT2D eigenvalue weighted by Gasteiger charge is 2.09. The minimum absolute atomic E-state index is 0.558. The van der Waals surface area contributed by atoms with Gasteiger partial charge in [0.05, 0.1) is 5.45 Å². The summed E-state index contributed by atoms with van der Waals surface area (Å²) in [5.74, 6) is 0. The summed E-state index contributed by atoms with van der Waals surface area (Å²) in [5, 5.41) is 0. The lowest BCUT2D eigenvalue weighted by atomic mass is 10.4. The maximum Gasteiger partial charge on any atom is 0.110 e. The lowest BCUT2D eigenvalue weighted by Crippen LogP contribution is -2.33. The summed E-state index contributed by atoms with van der Waals surface area (Å²) in [4.78, 5) is 4.36. The Labute approximate surface area is 69.9 Å². The van der Waals surface area contributed by atoms with Crippen LogP contribution in [0.5, 0.6) is 0 Å². The van der Waals surface area contributed by atoms with Gasteiger partial charge in [-0.3, -0.25) is 0 Å². The zero-order valence-electron chi connectivity index (χ0n) is 7.70. The first kappa shape index (κ1) is 8.52. The van der Waals surface area contributed by atoms with E-state index >= 15 is 0 Å². The first-order valence-electron chi connectivity index (χ1n) is 4.15. The van der Waals surface area contributed by atoms with Crippen molar-refractivity contribution in [3.63, 3.8) is 0 Å². The standard InChI is InChI=1S/C8H16N2Si/c1-7(2)10-6-5-9-8(10)11(3)4/h5-7,11H,1-4H3. The number of hydrogen-bond acceptors (Lipinski definition) is 1. The van der Waals surface area contributed by atoms with Crippen molar-refractivity contribution in [3.8, 4) is 0 Å². The van der Waals surface area contributed by atoms with Gasteiger partial charge in [0.15, 0.2) is 0 Å². The van der Waals surface area contributed by atoms with Crippen LogP contribution < -0.4 is 5.45 Å². The van der Waals surface area contributed by atoms with Crippen LogP contribution in [0.1, 0.15) is 19.9 Å². The van der Waals surface area contributed by atoms with Crippen LogP contribution in [0.15, 0.2) is 12.4 Å². The quantitative estimate of drug-likeness (QED) is 0.606. The van der Waals surface area contributed by atoms with Crippen LogP contribution in [0, 0.1) is 0 Å². The van der Waals surface area contributed by atoms with Gasteiger partial charge in [-0.15, -0.1) is 0 Å². The van der Waals surface area contributed by atoms with E-state index in [-0.39, 0.29) is 0 Å². The highest BCUT2D eigenvalue weighted by atomic mass is 28.3. The fourth-order valence-corrected chi connectivity index (χ4v) is 2.57. The van der Waals surface area contributed by atoms with Crippen LogP contribution >= 0.6 is 0 Å². The lowest BCUT2D eigenvalue weighted by Gasteiger charge is -2.12. The van der Waals surface area contributed by atoms with E-state index in [1.54, 1.807) is 0 Å². The van der Waals surface area contributed by atoms with Gasteiger partial charge in [-0.05, 0) is 13.8 Å². The normalized spacial score (nSPS) is 11.5. The van der Waals surface area contributed by atoms with E-state index in [2.05, 4.69) is 42.7 Å². The molecular formula is C8H16N2Si. The van der Waals surface area contributed by atoms with Crippen LogP contribution in [0.4, 0.5) is 0 Å². The van der Waals surface area contributed by atoms with Crippen LogP contribution in [0.2, 0.25) is 13.1 Å². The fourth-order valence-electron chi connectivity index (χ4n) is 1.21. The Morgan fingerprint density at radius 1 is 1.45 bits per heavy atom. The molecule has 3 heteroatoms. The summed E-state index contributed by atoms with van der Waals surface area (Å²) in [6.07, 6.45) is 3.98. The van der Waals surface area contributed by atoms with E-state index in [0.29, 0.717) is 6.04 Å². The van der Waals surface area contributed by atoms with Gasteiger partial charge in [-0.2, -0.15) is 0 Å². The van der Waals surface area contributed by atoms with Gasteiger partial charge in [0, 0.05) is 18.4 Å². The van der Waals surface area contributed by atoms with E-state index in [4.69, 9.17) is 0 Å². The van der Waals surface area contributed by atoms with Crippen molar-refractivity contribution < 1.29 is 0 Å². The summed E-state index contributed by atoms with van der Waals surface area (Å²) < 4.78 is 2.27. The van der Waals surface area contributed by atoms with Gasteiger partial charge < -0.3 is 4.57 Å². The molecule has 0 aromatic carbocycles. The molecule has 0 fully saturated rings. The van der Waals surface area contributed by atoms with E-state index in [9.17, 15) is 0 Å². The molecular weight excluding hydrogens is 152 g/mol. The van der Waals surface area contributed by atoms with Crippen LogP contribution in [-0.4, -0.2) is 18.3 Å². The number of imidazole rings is 1. The Morgan fingerprint density at radius 3 is 2.45 bits per heavy atom. The van der Waals surface area contributed by atoms with Crippen LogP contribution in [0.25, 0.3) is 0 Å². The second-order valence-electron chi connectivity index (χ2n) is 3.44. The first-order valence-corrected chi connectivity index (χ1v) is 7.04. The first-order chi connectivity index (χ1) is 5.13. The van der Waals surface area contributed by atoms with E-state index in [1.807, 2.05) is 6.20 Å². The van der Waals surface area contributed by atoms with Crippen LogP contribution in [-0.2, 0) is 0 Å². The summed E-state index contributed by atoms with van der Waals surface area (Å²) in [6.45, 7) is 9.01. The molecule has 0 atom stereocenters. The number of nitrogens with zero attached hydrogens (tertiary/aromatic N) is 2. The zero-order valence-corrected chi connectivity index (χ0v) is 8.86. The summed E-state index contributed by atoms with van der Waals surface area (Å²) in [7, 11) is -0.724. The summed E-state index contributed by atoms with van der Waals surface area (Å²) in [6, 6.07) is 0.558. The monoisotopic (exact) mass is 168 g/mol. The average Bonchev–Trinajstić information content (AvgIpc) is 2.32. The van der Waals surface area contributed by atoms with Crippen LogP contribution in [0.3, 0.4) is 0 Å². The van der Waals surface area contributed by atoms with Gasteiger partial charge >= 0.3 is 0 Å². The smallest absolute Gasteiger partial charge is 0.110 e. The Balaban J connectivity index is 2.96. The van der Waals surface area contributed by atoms with Crippen molar-refractivity contribution >= 4 is 14.2 Å². The molecule has 0 bridgehead atoms. The number of rotatable bonds is 2. The average molecular weight is 168 g/mol. The SMILES string of the molecule is CC(C)n1ccnc1[SiH](C)C. The lowest BCUT2D eigenvalue weighted by molar-refractivity contribution is 0.614. The third-order valence-electron chi connectivity index (χ3n) is 1.77. The van der Waals surface area contributed by atoms with Gasteiger partial charge in [0.1, 0.15) is 8.80 Å². The Morgan fingerprint density at radius 2 is 2.09 bits per heavy atom. The van der Waals surface area contributed by atoms with E-state index < -0.39 is 8.80 Å². The molecule has 0 aliphatic heterocycles. The van der Waals surface area contributed by atoms with E-state index in [0.717, 1.165) is 0 Å². The summed E-state index contributed by atoms with van der Waals surface area (Å²) in [5.41, 5.74) is 1.32. The van der Waals surface area contributed by atoms with Gasteiger partial charge in [-0.25, -0.2) is 4.98 Å². The Bertz CT molecular complexity index is 205. The second kappa shape index (κ2) is 3.22. The molecule has 0 aliphatic carbocycles. The van der Waals surface area contributed by atoms with Crippen molar-refractivity contribution in [2.75, 3.05) is 0 Å². The molecule has 0 amide bonds. The molecule has 0 N–H and O–H groups in total. The van der Waals surface area contributed by atoms with Crippen molar-refractivity contribution in [2.24, 2.45) is 0 Å². The fraction of sp³-hybridized carbons (Fsp3) is 0.625. The molecule has 11 heavy (non-hydrogen) atoms. The molecule has 0 saturated carbocycles. The second-order valence-corrected chi connectivity index (χ2v) is 6.27. The van der Waals surface area contributed by atoms with Gasteiger partial charge in [-0.1, -0.05) is 13.1 Å². The molecule has 0 spiro atoms. The zero-order chi connectivity index (χ0) is 8.43. The molecule has 0 unspecified atom stereocenters. The number of aromatic nitrogens is 2. The summed E-state index contributed by atoms with van der Waals surface area (Å²) >= 11 is 0. The third-order valence-corrected chi connectivity index (χ3v) is 3.25. The highest BCUT2D eigenvalue weighted by molar-refractivity contribution is 6.69. The van der Waals surface area contributed by atoms with Gasteiger partial charge in [0.2, 0.25) is 0 Å². The minimum atomic E-state index is -0.724. The molecule has 62 valence electrons. The molecule has 1 rings (SSSR count). The molecule has 0 aliphatic rings. The molecule has 0 saturated heterocycles. The van der Waals surface area contributed by atoms with Crippen molar-refractivity contribution in [2.45, 2.75) is 33.0 Å². The Hall–Kier alpha value is -0.573. The largest absolute Gasteiger partial charge is 0.337 e. The molecule has 1 aromatic rings. The maximum absolute atomic E-state index is 4.36. The third kappa shape index (κ3) is 1.71. The number of hydrogen-bond donors (Lipinski definition) is 0. The maximum atomic E-state index is 4.36. The van der Waals surface area contributed by atoms with E-state index in [1.165, 1.54) is 5.45 Å². The predicted molar refractivity (Wildman–Crippen MR) is 51.1 cm³/mol.